The van der Waals surface area contributed by atoms with Crippen molar-refractivity contribution in [3.05, 3.63) is 56.1 Å². The predicted octanol–water partition coefficient (Wildman–Crippen LogP) is 4.48. The van der Waals surface area contributed by atoms with Crippen LogP contribution in [0.4, 0.5) is 0 Å². The number of benzene rings is 2. The van der Waals surface area contributed by atoms with Crippen LogP contribution >= 0.6 is 34.2 Å². The van der Waals surface area contributed by atoms with Crippen LogP contribution in [0.5, 0.6) is 11.5 Å². The number of ether oxygens (including phenoxy) is 2. The van der Waals surface area contributed by atoms with Gasteiger partial charge in [-0.15, -0.1) is 0 Å². The molecule has 0 saturated carbocycles. The Morgan fingerprint density at radius 2 is 2.00 bits per heavy atom. The highest BCUT2D eigenvalue weighted by molar-refractivity contribution is 14.1. The molecule has 0 aromatic heterocycles. The van der Waals surface area contributed by atoms with Crippen LogP contribution in [0.1, 0.15) is 18.1 Å². The van der Waals surface area contributed by atoms with Gasteiger partial charge >= 0.3 is 0 Å². The number of nitrogens with zero attached hydrogens (tertiary/aromatic N) is 1. The van der Waals surface area contributed by atoms with E-state index >= 15 is 0 Å². The van der Waals surface area contributed by atoms with Crippen molar-refractivity contribution in [2.45, 2.75) is 13.5 Å². The Labute approximate surface area is 155 Å². The molecule has 0 amide bonds. The lowest BCUT2D eigenvalue weighted by atomic mass is 10.2. The van der Waals surface area contributed by atoms with Gasteiger partial charge in [0.25, 0.3) is 0 Å². The van der Waals surface area contributed by atoms with E-state index in [2.05, 4.69) is 33.1 Å². The van der Waals surface area contributed by atoms with Crippen molar-refractivity contribution in [2.75, 3.05) is 13.7 Å². The molecule has 122 valence electrons. The molecule has 0 heterocycles. The lowest BCUT2D eigenvalue weighted by molar-refractivity contribution is 0.308. The van der Waals surface area contributed by atoms with Gasteiger partial charge in [-0.2, -0.15) is 5.10 Å². The van der Waals surface area contributed by atoms with Crippen molar-refractivity contribution in [2.24, 2.45) is 5.10 Å². The average Bonchev–Trinajstić information content (AvgIpc) is 2.55. The van der Waals surface area contributed by atoms with Crippen LogP contribution in [-0.2, 0) is 6.54 Å². The number of hydrogen-bond donors (Lipinski definition) is 1. The van der Waals surface area contributed by atoms with Gasteiger partial charge in [-0.25, -0.2) is 0 Å². The molecule has 0 bridgehead atoms. The van der Waals surface area contributed by atoms with E-state index in [4.69, 9.17) is 21.1 Å². The number of hydrazone groups is 1. The fourth-order valence-corrected chi connectivity index (χ4v) is 2.87. The summed E-state index contributed by atoms with van der Waals surface area (Å²) < 4.78 is 12.0. The molecule has 0 aliphatic rings. The van der Waals surface area contributed by atoms with Crippen molar-refractivity contribution < 1.29 is 9.47 Å². The summed E-state index contributed by atoms with van der Waals surface area (Å²) in [6.07, 6.45) is 1.76. The molecular formula is C17H18ClIN2O2. The van der Waals surface area contributed by atoms with Crippen molar-refractivity contribution in [3.63, 3.8) is 0 Å². The molecule has 1 N–H and O–H groups in total. The van der Waals surface area contributed by atoms with Gasteiger partial charge in [-0.1, -0.05) is 23.7 Å². The van der Waals surface area contributed by atoms with Gasteiger partial charge in [0, 0.05) is 5.02 Å². The first-order chi connectivity index (χ1) is 11.1. The Balaban J connectivity index is 2.01. The molecule has 4 nitrogen and oxygen atoms in total. The lowest BCUT2D eigenvalue weighted by Gasteiger charge is -2.12. The summed E-state index contributed by atoms with van der Waals surface area (Å²) in [7, 11) is 1.63. The number of hydrogen-bond acceptors (Lipinski definition) is 4. The molecule has 2 rings (SSSR count). The van der Waals surface area contributed by atoms with Gasteiger partial charge in [0.2, 0.25) is 0 Å². The summed E-state index contributed by atoms with van der Waals surface area (Å²) >= 11 is 8.09. The van der Waals surface area contributed by atoms with Crippen LogP contribution in [0.2, 0.25) is 5.02 Å². The Bertz CT molecular complexity index is 675. The SMILES string of the molecule is CCOc1c(I)cc(/C=N\NCc2ccc(Cl)cc2)cc1OC. The summed E-state index contributed by atoms with van der Waals surface area (Å²) in [5.41, 5.74) is 5.08. The maximum Gasteiger partial charge on any atom is 0.174 e. The van der Waals surface area contributed by atoms with E-state index in [0.717, 1.165) is 25.5 Å². The normalized spacial score (nSPS) is 10.8. The fourth-order valence-electron chi connectivity index (χ4n) is 1.96. The summed E-state index contributed by atoms with van der Waals surface area (Å²) in [6, 6.07) is 11.6. The molecule has 0 atom stereocenters. The minimum atomic E-state index is 0.600. The monoisotopic (exact) mass is 444 g/mol. The van der Waals surface area contributed by atoms with E-state index in [-0.39, 0.29) is 0 Å². The van der Waals surface area contributed by atoms with Crippen LogP contribution in [0.3, 0.4) is 0 Å². The van der Waals surface area contributed by atoms with E-state index < -0.39 is 0 Å². The topological polar surface area (TPSA) is 42.8 Å². The molecule has 0 aliphatic heterocycles. The van der Waals surface area contributed by atoms with Crippen LogP contribution in [-0.4, -0.2) is 19.9 Å². The van der Waals surface area contributed by atoms with E-state index in [1.807, 2.05) is 43.3 Å². The molecule has 2 aromatic carbocycles. The highest BCUT2D eigenvalue weighted by atomic mass is 127. The van der Waals surface area contributed by atoms with Gasteiger partial charge in [0.1, 0.15) is 0 Å². The van der Waals surface area contributed by atoms with Crippen LogP contribution in [0.25, 0.3) is 0 Å². The molecule has 0 spiro atoms. The van der Waals surface area contributed by atoms with Gasteiger partial charge < -0.3 is 14.9 Å². The number of halogens is 2. The Morgan fingerprint density at radius 1 is 1.26 bits per heavy atom. The average molecular weight is 445 g/mol. The summed E-state index contributed by atoms with van der Waals surface area (Å²) in [5.74, 6) is 1.47. The first-order valence-corrected chi connectivity index (χ1v) is 8.60. The maximum atomic E-state index is 5.86. The van der Waals surface area contributed by atoms with Crippen molar-refractivity contribution in [1.82, 2.24) is 5.43 Å². The van der Waals surface area contributed by atoms with Crippen LogP contribution in [0.15, 0.2) is 41.5 Å². The molecular weight excluding hydrogens is 427 g/mol. The van der Waals surface area contributed by atoms with Gasteiger partial charge in [-0.3, -0.25) is 0 Å². The van der Waals surface area contributed by atoms with E-state index in [1.54, 1.807) is 13.3 Å². The second-order valence-electron chi connectivity index (χ2n) is 4.69. The standard InChI is InChI=1S/C17H18ClIN2O2/c1-3-23-17-15(19)8-13(9-16(17)22-2)11-21-20-10-12-4-6-14(18)7-5-12/h4-9,11,20H,3,10H2,1-2H3/b21-11-. The second kappa shape index (κ2) is 8.98. The fraction of sp³-hybridized carbons (Fsp3) is 0.235. The molecule has 23 heavy (non-hydrogen) atoms. The molecule has 2 aromatic rings. The largest absolute Gasteiger partial charge is 0.493 e. The number of rotatable bonds is 7. The third kappa shape index (κ3) is 5.28. The molecule has 0 unspecified atom stereocenters. The summed E-state index contributed by atoms with van der Waals surface area (Å²) in [4.78, 5) is 0. The molecule has 0 aliphatic carbocycles. The summed E-state index contributed by atoms with van der Waals surface area (Å²) in [6.45, 7) is 3.19. The first kappa shape index (κ1) is 17.9. The van der Waals surface area contributed by atoms with Gasteiger partial charge in [0.05, 0.1) is 30.0 Å². The van der Waals surface area contributed by atoms with E-state index in [0.29, 0.717) is 18.9 Å². The highest BCUT2D eigenvalue weighted by Crippen LogP contribution is 2.33. The molecule has 0 radical (unpaired) electrons. The zero-order valence-electron chi connectivity index (χ0n) is 13.0. The number of nitrogens with one attached hydrogen (secondary N) is 1. The first-order valence-electron chi connectivity index (χ1n) is 7.14. The van der Waals surface area contributed by atoms with E-state index in [9.17, 15) is 0 Å². The quantitative estimate of drug-likeness (QED) is 0.389. The second-order valence-corrected chi connectivity index (χ2v) is 6.29. The van der Waals surface area contributed by atoms with Crippen molar-refractivity contribution >= 4 is 40.4 Å². The third-order valence-corrected chi connectivity index (χ3v) is 4.10. The Morgan fingerprint density at radius 3 is 2.65 bits per heavy atom. The maximum absolute atomic E-state index is 5.86. The molecule has 0 fully saturated rings. The van der Waals surface area contributed by atoms with E-state index in [1.165, 1.54) is 0 Å². The zero-order chi connectivity index (χ0) is 16.7. The number of methoxy groups -OCH3 is 1. The van der Waals surface area contributed by atoms with Crippen LogP contribution in [0, 0.1) is 3.57 Å². The predicted molar refractivity (Wildman–Crippen MR) is 103 cm³/mol. The van der Waals surface area contributed by atoms with Crippen LogP contribution < -0.4 is 14.9 Å². The van der Waals surface area contributed by atoms with Crippen molar-refractivity contribution in [1.29, 1.82) is 0 Å². The molecule has 0 saturated heterocycles. The summed E-state index contributed by atoms with van der Waals surface area (Å²) in [5, 5.41) is 4.97. The lowest BCUT2D eigenvalue weighted by Crippen LogP contribution is -2.05. The Kier molecular flexibility index (Phi) is 6.98. The third-order valence-electron chi connectivity index (χ3n) is 3.04. The smallest absolute Gasteiger partial charge is 0.174 e. The highest BCUT2D eigenvalue weighted by Gasteiger charge is 2.10. The van der Waals surface area contributed by atoms with Gasteiger partial charge in [0.15, 0.2) is 11.5 Å². The van der Waals surface area contributed by atoms with Crippen molar-refractivity contribution in [3.8, 4) is 11.5 Å². The Hall–Kier alpha value is -1.47. The molecule has 6 heteroatoms. The zero-order valence-corrected chi connectivity index (χ0v) is 15.9. The minimum Gasteiger partial charge on any atom is -0.493 e. The minimum absolute atomic E-state index is 0.600. The van der Waals surface area contributed by atoms with Gasteiger partial charge in [-0.05, 0) is 64.9 Å².